The summed E-state index contributed by atoms with van der Waals surface area (Å²) in [5.74, 6) is 0.625. The van der Waals surface area contributed by atoms with Gasteiger partial charge in [-0.25, -0.2) is 8.60 Å². The standard InChI is InChI=1S/C24H29FN4OS/c1-18-5-8-20(25)17-23(18)19-6-9-22(10-7-19)31(30)29-12-11-26-24(29)28-15-13-27(14-16-28)21-3-2-4-21/h5-10,17,21H,2-4,11-16H2,1H3. The molecule has 1 atom stereocenters. The Hall–Kier alpha value is -2.25. The van der Waals surface area contributed by atoms with E-state index in [1.165, 1.54) is 25.3 Å². The number of hydrogen-bond donors (Lipinski definition) is 0. The summed E-state index contributed by atoms with van der Waals surface area (Å²) in [4.78, 5) is 10.3. The number of guanidine groups is 1. The molecule has 1 saturated heterocycles. The van der Waals surface area contributed by atoms with Crippen LogP contribution < -0.4 is 0 Å². The van der Waals surface area contributed by atoms with Crippen LogP contribution in [0.25, 0.3) is 11.1 Å². The van der Waals surface area contributed by atoms with Gasteiger partial charge >= 0.3 is 0 Å². The molecule has 3 aliphatic rings. The fourth-order valence-corrected chi connectivity index (χ4v) is 5.85. The van der Waals surface area contributed by atoms with Crippen molar-refractivity contribution >= 4 is 16.9 Å². The van der Waals surface area contributed by atoms with Gasteiger partial charge in [-0.3, -0.25) is 14.2 Å². The highest BCUT2D eigenvalue weighted by Crippen LogP contribution is 2.28. The Labute approximate surface area is 186 Å². The number of piperazine rings is 1. The van der Waals surface area contributed by atoms with Gasteiger partial charge in [0.2, 0.25) is 5.96 Å². The molecule has 7 heteroatoms. The molecule has 2 heterocycles. The van der Waals surface area contributed by atoms with E-state index in [1.54, 1.807) is 12.1 Å². The van der Waals surface area contributed by atoms with Crippen molar-refractivity contribution in [2.45, 2.75) is 37.1 Å². The zero-order valence-corrected chi connectivity index (χ0v) is 18.8. The molecule has 5 rings (SSSR count). The summed E-state index contributed by atoms with van der Waals surface area (Å²) in [7, 11) is -1.30. The normalized spacial score (nSPS) is 21.2. The van der Waals surface area contributed by atoms with E-state index in [0.717, 1.165) is 59.8 Å². The minimum absolute atomic E-state index is 0.247. The Balaban J connectivity index is 1.27. The Bertz CT molecular complexity index is 997. The summed E-state index contributed by atoms with van der Waals surface area (Å²) in [6, 6.07) is 13.2. The first kappa shape index (κ1) is 20.6. The van der Waals surface area contributed by atoms with Gasteiger partial charge in [0.15, 0.2) is 11.0 Å². The van der Waals surface area contributed by atoms with Gasteiger partial charge < -0.3 is 4.90 Å². The van der Waals surface area contributed by atoms with Crippen LogP contribution in [0.1, 0.15) is 24.8 Å². The lowest BCUT2D eigenvalue weighted by molar-refractivity contribution is 0.0834. The largest absolute Gasteiger partial charge is 0.339 e. The van der Waals surface area contributed by atoms with E-state index in [-0.39, 0.29) is 5.82 Å². The zero-order chi connectivity index (χ0) is 21.4. The minimum Gasteiger partial charge on any atom is -0.339 e. The maximum Gasteiger partial charge on any atom is 0.209 e. The first-order valence-corrected chi connectivity index (χ1v) is 12.3. The first-order chi connectivity index (χ1) is 15.1. The molecular formula is C24H29FN4OS. The lowest BCUT2D eigenvalue weighted by Gasteiger charge is -2.44. The van der Waals surface area contributed by atoms with E-state index in [0.29, 0.717) is 13.1 Å². The van der Waals surface area contributed by atoms with Gasteiger partial charge in [0, 0.05) is 32.2 Å². The number of rotatable bonds is 4. The average molecular weight is 441 g/mol. The molecule has 0 spiro atoms. The summed E-state index contributed by atoms with van der Waals surface area (Å²) in [5.41, 5.74) is 2.82. The molecule has 2 fully saturated rings. The highest BCUT2D eigenvalue weighted by Gasteiger charge is 2.33. The highest BCUT2D eigenvalue weighted by atomic mass is 32.2. The van der Waals surface area contributed by atoms with E-state index in [2.05, 4.69) is 9.80 Å². The second-order valence-corrected chi connectivity index (χ2v) is 10.0. The molecule has 2 aliphatic heterocycles. The van der Waals surface area contributed by atoms with Gasteiger partial charge in [0.05, 0.1) is 18.0 Å². The van der Waals surface area contributed by atoms with E-state index >= 15 is 0 Å². The van der Waals surface area contributed by atoms with Crippen LogP contribution in [0.5, 0.6) is 0 Å². The molecule has 2 aromatic carbocycles. The maximum absolute atomic E-state index is 13.7. The van der Waals surface area contributed by atoms with E-state index < -0.39 is 11.0 Å². The quantitative estimate of drug-likeness (QED) is 0.728. The Morgan fingerprint density at radius 1 is 1.00 bits per heavy atom. The molecule has 5 nitrogen and oxygen atoms in total. The lowest BCUT2D eigenvalue weighted by atomic mass is 9.91. The number of aliphatic imine (C=N–C) groups is 1. The van der Waals surface area contributed by atoms with Crippen LogP contribution in [0.2, 0.25) is 0 Å². The number of benzene rings is 2. The molecule has 0 radical (unpaired) electrons. The summed E-state index contributed by atoms with van der Waals surface area (Å²) in [6.07, 6.45) is 4.03. The molecule has 0 aromatic heterocycles. The smallest absolute Gasteiger partial charge is 0.209 e. The van der Waals surface area contributed by atoms with Crippen LogP contribution >= 0.6 is 0 Å². The van der Waals surface area contributed by atoms with Gasteiger partial charge in [0.25, 0.3) is 0 Å². The number of hydrogen-bond acceptors (Lipinski definition) is 4. The van der Waals surface area contributed by atoms with Crippen LogP contribution in [-0.4, -0.2) is 69.6 Å². The van der Waals surface area contributed by atoms with Crippen LogP contribution in [0.4, 0.5) is 4.39 Å². The fourth-order valence-electron chi connectivity index (χ4n) is 4.66. The van der Waals surface area contributed by atoms with E-state index in [9.17, 15) is 8.60 Å². The van der Waals surface area contributed by atoms with Crippen molar-refractivity contribution in [3.63, 3.8) is 0 Å². The zero-order valence-electron chi connectivity index (χ0n) is 18.0. The lowest BCUT2D eigenvalue weighted by Crippen LogP contribution is -2.55. The molecule has 1 saturated carbocycles. The monoisotopic (exact) mass is 440 g/mol. The van der Waals surface area contributed by atoms with Crippen LogP contribution in [0, 0.1) is 12.7 Å². The third-order valence-corrected chi connectivity index (χ3v) is 8.16. The molecule has 0 bridgehead atoms. The van der Waals surface area contributed by atoms with E-state index in [1.807, 2.05) is 35.5 Å². The summed E-state index contributed by atoms with van der Waals surface area (Å²) in [5, 5.41) is 0. The average Bonchev–Trinajstić information content (AvgIpc) is 3.24. The minimum atomic E-state index is -1.30. The molecule has 0 amide bonds. The summed E-state index contributed by atoms with van der Waals surface area (Å²) < 4.78 is 29.0. The molecule has 164 valence electrons. The maximum atomic E-state index is 13.7. The molecule has 2 aromatic rings. The number of aryl methyl sites for hydroxylation is 1. The van der Waals surface area contributed by atoms with Gasteiger partial charge in [-0.2, -0.15) is 0 Å². The van der Waals surface area contributed by atoms with Crippen molar-refractivity contribution in [1.82, 2.24) is 14.1 Å². The number of halogens is 1. The van der Waals surface area contributed by atoms with Crippen molar-refractivity contribution in [1.29, 1.82) is 0 Å². The molecule has 1 unspecified atom stereocenters. The highest BCUT2D eigenvalue weighted by molar-refractivity contribution is 7.83. The van der Waals surface area contributed by atoms with Crippen molar-refractivity contribution in [2.24, 2.45) is 4.99 Å². The van der Waals surface area contributed by atoms with Gasteiger partial charge in [-0.1, -0.05) is 24.6 Å². The summed E-state index contributed by atoms with van der Waals surface area (Å²) >= 11 is 0. The second kappa shape index (κ2) is 8.71. The van der Waals surface area contributed by atoms with Crippen molar-refractivity contribution in [2.75, 3.05) is 39.3 Å². The van der Waals surface area contributed by atoms with Crippen molar-refractivity contribution < 1.29 is 8.60 Å². The molecule has 31 heavy (non-hydrogen) atoms. The first-order valence-electron chi connectivity index (χ1n) is 11.2. The predicted octanol–water partition coefficient (Wildman–Crippen LogP) is 3.67. The predicted molar refractivity (Wildman–Crippen MR) is 123 cm³/mol. The Morgan fingerprint density at radius 2 is 1.74 bits per heavy atom. The number of nitrogens with zero attached hydrogens (tertiary/aromatic N) is 4. The fraction of sp³-hybridized carbons (Fsp3) is 0.458. The summed E-state index contributed by atoms with van der Waals surface area (Å²) in [6.45, 7) is 7.35. The SMILES string of the molecule is Cc1ccc(F)cc1-c1ccc(S(=O)N2CCN=C2N2CCN(C3CCC3)CC2)cc1. The Kier molecular flexibility index (Phi) is 5.80. The molecule has 1 aliphatic carbocycles. The topological polar surface area (TPSA) is 39.2 Å². The van der Waals surface area contributed by atoms with Gasteiger partial charge in [-0.05, 0) is 60.7 Å². The van der Waals surface area contributed by atoms with Crippen molar-refractivity contribution in [3.05, 3.63) is 53.8 Å². The van der Waals surface area contributed by atoms with Crippen LogP contribution in [-0.2, 0) is 11.0 Å². The third kappa shape index (κ3) is 4.13. The van der Waals surface area contributed by atoms with Gasteiger partial charge in [0.1, 0.15) is 5.82 Å². The van der Waals surface area contributed by atoms with Gasteiger partial charge in [-0.15, -0.1) is 0 Å². The second-order valence-electron chi connectivity index (χ2n) is 8.62. The third-order valence-electron chi connectivity index (χ3n) is 6.73. The molecule has 0 N–H and O–H groups in total. The molecular weight excluding hydrogens is 411 g/mol. The van der Waals surface area contributed by atoms with Crippen LogP contribution in [0.3, 0.4) is 0 Å². The Morgan fingerprint density at radius 3 is 2.42 bits per heavy atom. The van der Waals surface area contributed by atoms with E-state index in [4.69, 9.17) is 4.99 Å². The van der Waals surface area contributed by atoms with Crippen molar-refractivity contribution in [3.8, 4) is 11.1 Å². The van der Waals surface area contributed by atoms with Crippen LogP contribution in [0.15, 0.2) is 52.4 Å².